The van der Waals surface area contributed by atoms with Gasteiger partial charge in [0, 0.05) is 12.8 Å². The molecule has 0 fully saturated rings. The summed E-state index contributed by atoms with van der Waals surface area (Å²) in [4.78, 5) is 11.2. The maximum atomic E-state index is 11.2. The molecule has 1 aliphatic carbocycles. The third-order valence-corrected chi connectivity index (χ3v) is 2.14. The fraction of sp³-hybridized carbons (Fsp3) is 0.500. The Morgan fingerprint density at radius 1 is 1.57 bits per heavy atom. The van der Waals surface area contributed by atoms with Crippen molar-refractivity contribution in [1.82, 2.24) is 0 Å². The van der Waals surface area contributed by atoms with E-state index in [9.17, 15) is 9.90 Å². The lowest BCUT2D eigenvalue weighted by Gasteiger charge is -2.14. The number of carbonyl (C=O) groups excluding carboxylic acids is 1. The molecule has 0 aromatic heterocycles. The van der Waals surface area contributed by atoms with E-state index in [-0.39, 0.29) is 30.3 Å². The van der Waals surface area contributed by atoms with E-state index >= 15 is 0 Å². The highest BCUT2D eigenvalue weighted by atomic mass is 16.5. The molecule has 0 saturated carbocycles. The molecule has 0 saturated heterocycles. The molecular weight excluding hydrogens is 184 g/mol. The van der Waals surface area contributed by atoms with Crippen molar-refractivity contribution in [2.24, 2.45) is 0 Å². The van der Waals surface area contributed by atoms with E-state index in [0.29, 0.717) is 18.4 Å². The van der Waals surface area contributed by atoms with Crippen molar-refractivity contribution in [3.8, 4) is 0 Å². The fourth-order valence-electron chi connectivity index (χ4n) is 1.35. The molecule has 0 aromatic rings. The number of aliphatic hydroxyl groups excluding tert-OH is 2. The quantitative estimate of drug-likeness (QED) is 0.666. The third kappa shape index (κ3) is 2.35. The first kappa shape index (κ1) is 10.8. The number of Topliss-reactive ketones (excluding diaryl/α,β-unsaturated/α-hetero) is 1. The molecule has 2 N–H and O–H groups in total. The molecule has 0 bridgehead atoms. The van der Waals surface area contributed by atoms with E-state index in [1.165, 1.54) is 13.2 Å². The molecule has 0 aliphatic heterocycles. The van der Waals surface area contributed by atoms with Crippen LogP contribution in [0, 0.1) is 0 Å². The zero-order valence-electron chi connectivity index (χ0n) is 8.12. The number of allylic oxidation sites excluding steroid dienone is 3. The second kappa shape index (κ2) is 4.81. The van der Waals surface area contributed by atoms with E-state index in [2.05, 4.69) is 0 Å². The molecule has 0 spiro atoms. The molecule has 0 heterocycles. The van der Waals surface area contributed by atoms with Crippen molar-refractivity contribution >= 4 is 5.78 Å². The molecule has 78 valence electrons. The van der Waals surface area contributed by atoms with Crippen LogP contribution in [0.25, 0.3) is 0 Å². The van der Waals surface area contributed by atoms with E-state index in [1.54, 1.807) is 0 Å². The van der Waals surface area contributed by atoms with Crippen LogP contribution in [0.3, 0.4) is 0 Å². The average Bonchev–Trinajstić information content (AvgIpc) is 2.19. The standard InChI is InChI=1S/C10H14O4/c1-14-10-6-7(2-3-9(10)13)8(12)4-5-11/h6,11-12H,2-5H2,1H3. The Bertz CT molecular complexity index is 288. The van der Waals surface area contributed by atoms with Gasteiger partial charge >= 0.3 is 0 Å². The lowest BCUT2D eigenvalue weighted by Crippen LogP contribution is -2.11. The lowest BCUT2D eigenvalue weighted by atomic mass is 9.97. The lowest BCUT2D eigenvalue weighted by molar-refractivity contribution is -0.118. The van der Waals surface area contributed by atoms with Crippen molar-refractivity contribution in [3.63, 3.8) is 0 Å². The second-order valence-corrected chi connectivity index (χ2v) is 3.08. The summed E-state index contributed by atoms with van der Waals surface area (Å²) in [5.41, 5.74) is 0.676. The number of ketones is 1. The molecule has 0 atom stereocenters. The van der Waals surface area contributed by atoms with E-state index in [0.717, 1.165) is 0 Å². The molecule has 1 rings (SSSR count). The van der Waals surface area contributed by atoms with Gasteiger partial charge < -0.3 is 14.9 Å². The minimum absolute atomic E-state index is 0.0481. The largest absolute Gasteiger partial charge is 0.512 e. The minimum atomic E-state index is -0.0978. The predicted molar refractivity (Wildman–Crippen MR) is 50.7 cm³/mol. The summed E-state index contributed by atoms with van der Waals surface area (Å²) in [6.07, 6.45) is 2.62. The zero-order valence-corrected chi connectivity index (χ0v) is 8.12. The first-order valence-corrected chi connectivity index (χ1v) is 4.49. The monoisotopic (exact) mass is 198 g/mol. The molecule has 14 heavy (non-hydrogen) atoms. The number of aliphatic hydroxyl groups is 2. The van der Waals surface area contributed by atoms with Gasteiger partial charge in [-0.2, -0.15) is 0 Å². The Morgan fingerprint density at radius 3 is 2.86 bits per heavy atom. The second-order valence-electron chi connectivity index (χ2n) is 3.08. The van der Waals surface area contributed by atoms with Crippen LogP contribution in [0.15, 0.2) is 23.2 Å². The van der Waals surface area contributed by atoms with Gasteiger partial charge in [-0.3, -0.25) is 4.79 Å². The number of rotatable bonds is 3. The van der Waals surface area contributed by atoms with Gasteiger partial charge in [-0.25, -0.2) is 0 Å². The highest BCUT2D eigenvalue weighted by Crippen LogP contribution is 2.22. The summed E-state index contributed by atoms with van der Waals surface area (Å²) >= 11 is 0. The van der Waals surface area contributed by atoms with Crippen molar-refractivity contribution in [1.29, 1.82) is 0 Å². The normalized spacial score (nSPS) is 20.4. The summed E-state index contributed by atoms with van der Waals surface area (Å²) in [5, 5.41) is 18.1. The maximum absolute atomic E-state index is 11.2. The fourth-order valence-corrected chi connectivity index (χ4v) is 1.35. The Kier molecular flexibility index (Phi) is 3.71. The zero-order chi connectivity index (χ0) is 10.6. The summed E-state index contributed by atoms with van der Waals surface area (Å²) in [6, 6.07) is 0. The Morgan fingerprint density at radius 2 is 2.29 bits per heavy atom. The van der Waals surface area contributed by atoms with Crippen molar-refractivity contribution in [2.45, 2.75) is 19.3 Å². The third-order valence-electron chi connectivity index (χ3n) is 2.14. The maximum Gasteiger partial charge on any atom is 0.197 e. The van der Waals surface area contributed by atoms with Gasteiger partial charge in [0.15, 0.2) is 11.5 Å². The van der Waals surface area contributed by atoms with E-state index in [1.807, 2.05) is 0 Å². The number of methoxy groups -OCH3 is 1. The van der Waals surface area contributed by atoms with Crippen LogP contribution in [0.2, 0.25) is 0 Å². The molecule has 4 heteroatoms. The van der Waals surface area contributed by atoms with Crippen molar-refractivity contribution in [3.05, 3.63) is 23.2 Å². The topological polar surface area (TPSA) is 66.8 Å². The molecule has 4 nitrogen and oxygen atoms in total. The SMILES string of the molecule is COC1=CC(=C(O)CCO)CCC1=O. The molecule has 0 aromatic carbocycles. The number of carbonyl (C=O) groups is 1. The number of ether oxygens (including phenoxy) is 1. The van der Waals surface area contributed by atoms with Crippen molar-refractivity contribution in [2.75, 3.05) is 13.7 Å². The van der Waals surface area contributed by atoms with Crippen LogP contribution >= 0.6 is 0 Å². The Balaban J connectivity index is 2.88. The summed E-state index contributed by atoms with van der Waals surface area (Å²) < 4.78 is 4.87. The summed E-state index contributed by atoms with van der Waals surface area (Å²) in [5.74, 6) is 0.360. The Labute approximate surface area is 82.5 Å². The number of hydrogen-bond donors (Lipinski definition) is 2. The summed E-state index contributed by atoms with van der Waals surface area (Å²) in [6.45, 7) is -0.0978. The predicted octanol–water partition coefficient (Wildman–Crippen LogP) is 1.07. The van der Waals surface area contributed by atoms with Crippen LogP contribution in [-0.4, -0.2) is 29.7 Å². The van der Waals surface area contributed by atoms with Crippen LogP contribution in [0.4, 0.5) is 0 Å². The van der Waals surface area contributed by atoms with E-state index in [4.69, 9.17) is 9.84 Å². The highest BCUT2D eigenvalue weighted by Gasteiger charge is 2.18. The van der Waals surface area contributed by atoms with Gasteiger partial charge in [-0.1, -0.05) is 0 Å². The Hall–Kier alpha value is -1.29. The smallest absolute Gasteiger partial charge is 0.197 e. The number of hydrogen-bond acceptors (Lipinski definition) is 4. The molecular formula is C10H14O4. The molecule has 0 radical (unpaired) electrons. The van der Waals surface area contributed by atoms with Gasteiger partial charge in [-0.05, 0) is 18.1 Å². The van der Waals surface area contributed by atoms with Gasteiger partial charge in [0.25, 0.3) is 0 Å². The first-order chi connectivity index (χ1) is 6.69. The minimum Gasteiger partial charge on any atom is -0.512 e. The van der Waals surface area contributed by atoms with Gasteiger partial charge in [0.2, 0.25) is 0 Å². The van der Waals surface area contributed by atoms with Crippen molar-refractivity contribution < 1.29 is 19.7 Å². The molecule has 1 aliphatic rings. The van der Waals surface area contributed by atoms with Crippen LogP contribution in [-0.2, 0) is 9.53 Å². The first-order valence-electron chi connectivity index (χ1n) is 4.49. The molecule has 0 unspecified atom stereocenters. The van der Waals surface area contributed by atoms with Gasteiger partial charge in [-0.15, -0.1) is 0 Å². The highest BCUT2D eigenvalue weighted by molar-refractivity contribution is 5.95. The van der Waals surface area contributed by atoms with Gasteiger partial charge in [0.05, 0.1) is 19.5 Å². The average molecular weight is 198 g/mol. The van der Waals surface area contributed by atoms with Crippen LogP contribution < -0.4 is 0 Å². The van der Waals surface area contributed by atoms with Crippen LogP contribution in [0.1, 0.15) is 19.3 Å². The van der Waals surface area contributed by atoms with Gasteiger partial charge in [0.1, 0.15) is 0 Å². The van der Waals surface area contributed by atoms with E-state index < -0.39 is 0 Å². The molecule has 0 amide bonds. The van der Waals surface area contributed by atoms with Crippen LogP contribution in [0.5, 0.6) is 0 Å². The summed E-state index contributed by atoms with van der Waals surface area (Å²) in [7, 11) is 1.43.